The molecule has 0 saturated carbocycles. The number of nitrogens with zero attached hydrogens (tertiary/aromatic N) is 4. The van der Waals surface area contributed by atoms with Crippen molar-refractivity contribution in [1.29, 1.82) is 0 Å². The second-order valence-electron chi connectivity index (χ2n) is 8.43. The highest BCUT2D eigenvalue weighted by Gasteiger charge is 2.25. The molecule has 39 heavy (non-hydrogen) atoms. The molecule has 0 aliphatic carbocycles. The Morgan fingerprint density at radius 1 is 1.15 bits per heavy atom. The van der Waals surface area contributed by atoms with E-state index in [2.05, 4.69) is 10.1 Å². The number of esters is 1. The Balaban J connectivity index is 1.66. The minimum atomic E-state index is -1.13. The normalized spacial score (nSPS) is 12.2. The SMILES string of the molecule is CCOC(=O)[C@@H](C)Oc1c(C=Nn2c(-c3cc4ccccc4o3)nc3ccccc3c2=O)cccc1[N+](=O)[O-]. The quantitative estimate of drug-likeness (QED) is 0.120. The lowest BCUT2D eigenvalue weighted by molar-refractivity contribution is -0.386. The fourth-order valence-corrected chi connectivity index (χ4v) is 4.00. The van der Waals surface area contributed by atoms with E-state index in [1.54, 1.807) is 43.3 Å². The van der Waals surface area contributed by atoms with Crippen LogP contribution >= 0.6 is 0 Å². The Morgan fingerprint density at radius 2 is 1.92 bits per heavy atom. The van der Waals surface area contributed by atoms with Crippen LogP contribution < -0.4 is 10.3 Å². The summed E-state index contributed by atoms with van der Waals surface area (Å²) in [5.41, 5.74) is 0.368. The number of carbonyl (C=O) groups excluding carboxylic acids is 1. The number of carbonyl (C=O) groups is 1. The topological polar surface area (TPSA) is 139 Å². The van der Waals surface area contributed by atoms with Crippen molar-refractivity contribution in [2.24, 2.45) is 5.10 Å². The molecule has 0 aliphatic rings. The number of hydrogen-bond acceptors (Lipinski definition) is 9. The summed E-state index contributed by atoms with van der Waals surface area (Å²) in [6.07, 6.45) is 0.110. The number of benzene rings is 3. The van der Waals surface area contributed by atoms with Gasteiger partial charge in [-0.05, 0) is 44.2 Å². The Bertz CT molecular complexity index is 1770. The zero-order chi connectivity index (χ0) is 27.5. The van der Waals surface area contributed by atoms with E-state index in [9.17, 15) is 19.7 Å². The van der Waals surface area contributed by atoms with Crippen molar-refractivity contribution in [1.82, 2.24) is 9.66 Å². The molecular formula is C28H22N4O7. The van der Waals surface area contributed by atoms with E-state index in [-0.39, 0.29) is 29.4 Å². The van der Waals surface area contributed by atoms with Crippen molar-refractivity contribution in [3.8, 4) is 17.3 Å². The maximum atomic E-state index is 13.5. The van der Waals surface area contributed by atoms with Crippen molar-refractivity contribution in [2.75, 3.05) is 6.61 Å². The minimum absolute atomic E-state index is 0.125. The molecule has 0 spiro atoms. The summed E-state index contributed by atoms with van der Waals surface area (Å²) < 4.78 is 17.7. The third-order valence-electron chi connectivity index (χ3n) is 5.85. The van der Waals surface area contributed by atoms with Crippen LogP contribution in [0.5, 0.6) is 5.75 Å². The average molecular weight is 527 g/mol. The molecule has 2 aromatic heterocycles. The van der Waals surface area contributed by atoms with E-state index >= 15 is 0 Å². The molecule has 3 aromatic carbocycles. The monoisotopic (exact) mass is 526 g/mol. The summed E-state index contributed by atoms with van der Waals surface area (Å²) in [7, 11) is 0. The highest BCUT2D eigenvalue weighted by atomic mass is 16.6. The van der Waals surface area contributed by atoms with Gasteiger partial charge in [0.05, 0.1) is 28.6 Å². The molecule has 0 fully saturated rings. The lowest BCUT2D eigenvalue weighted by atomic mass is 10.2. The van der Waals surface area contributed by atoms with Gasteiger partial charge in [-0.2, -0.15) is 9.78 Å². The van der Waals surface area contributed by atoms with Crippen LogP contribution in [-0.4, -0.2) is 39.5 Å². The van der Waals surface area contributed by atoms with E-state index in [1.807, 2.05) is 18.2 Å². The van der Waals surface area contributed by atoms with E-state index in [1.165, 1.54) is 31.3 Å². The van der Waals surface area contributed by atoms with Crippen molar-refractivity contribution in [3.63, 3.8) is 0 Å². The number of rotatable bonds is 8. The van der Waals surface area contributed by atoms with Crippen LogP contribution in [-0.2, 0) is 9.53 Å². The number of nitro benzene ring substituents is 1. The Hall–Kier alpha value is -5.32. The number of aromatic nitrogens is 2. The van der Waals surface area contributed by atoms with Gasteiger partial charge in [0, 0.05) is 17.0 Å². The van der Waals surface area contributed by atoms with Gasteiger partial charge in [0.1, 0.15) is 5.58 Å². The van der Waals surface area contributed by atoms with Gasteiger partial charge in [0.15, 0.2) is 11.9 Å². The second kappa shape index (κ2) is 10.6. The zero-order valence-corrected chi connectivity index (χ0v) is 20.9. The first-order valence-electron chi connectivity index (χ1n) is 12.0. The van der Waals surface area contributed by atoms with Gasteiger partial charge < -0.3 is 13.9 Å². The molecule has 0 N–H and O–H groups in total. The maximum Gasteiger partial charge on any atom is 0.347 e. The molecule has 11 heteroatoms. The molecule has 5 rings (SSSR count). The molecule has 0 bridgehead atoms. The van der Waals surface area contributed by atoms with Gasteiger partial charge in [0.2, 0.25) is 11.6 Å². The van der Waals surface area contributed by atoms with Crippen molar-refractivity contribution >= 4 is 39.7 Å². The van der Waals surface area contributed by atoms with Gasteiger partial charge in [-0.3, -0.25) is 14.9 Å². The standard InChI is InChI=1S/C28H22N4O7/c1-3-37-28(34)17(2)38-25-19(10-8-13-22(25)32(35)36)16-29-31-26(24-15-18-9-4-7-14-23(18)39-24)30-21-12-6-5-11-20(21)27(31)33/h4-17H,3H2,1-2H3/t17-/m1/s1. The van der Waals surface area contributed by atoms with Crippen LogP contribution in [0.3, 0.4) is 0 Å². The van der Waals surface area contributed by atoms with Crippen LogP contribution in [0.15, 0.2) is 87.1 Å². The van der Waals surface area contributed by atoms with Crippen LogP contribution in [0.25, 0.3) is 33.5 Å². The number of para-hydroxylation sites is 3. The summed E-state index contributed by atoms with van der Waals surface area (Å²) in [6.45, 7) is 3.19. The number of hydrogen-bond donors (Lipinski definition) is 0. The zero-order valence-electron chi connectivity index (χ0n) is 20.9. The molecule has 0 amide bonds. The molecule has 1 atom stereocenters. The van der Waals surface area contributed by atoms with Gasteiger partial charge in [0.25, 0.3) is 5.56 Å². The Morgan fingerprint density at radius 3 is 2.69 bits per heavy atom. The summed E-state index contributed by atoms with van der Waals surface area (Å²) >= 11 is 0. The average Bonchev–Trinajstić information content (AvgIpc) is 3.37. The summed E-state index contributed by atoms with van der Waals surface area (Å²) in [5, 5.41) is 17.2. The summed E-state index contributed by atoms with van der Waals surface area (Å²) in [5.74, 6) is -0.429. The minimum Gasteiger partial charge on any atom is -0.471 e. The van der Waals surface area contributed by atoms with E-state index in [4.69, 9.17) is 13.9 Å². The number of ether oxygens (including phenoxy) is 2. The molecule has 11 nitrogen and oxygen atoms in total. The molecule has 5 aromatic rings. The molecular weight excluding hydrogens is 504 g/mol. The molecule has 0 radical (unpaired) electrons. The van der Waals surface area contributed by atoms with Crippen molar-refractivity contribution < 1.29 is 23.6 Å². The van der Waals surface area contributed by atoms with Gasteiger partial charge in [-0.1, -0.05) is 36.4 Å². The molecule has 0 unspecified atom stereocenters. The first-order valence-corrected chi connectivity index (χ1v) is 12.0. The van der Waals surface area contributed by atoms with Crippen LogP contribution in [0.2, 0.25) is 0 Å². The third-order valence-corrected chi connectivity index (χ3v) is 5.85. The molecule has 196 valence electrons. The van der Waals surface area contributed by atoms with Gasteiger partial charge in [-0.15, -0.1) is 0 Å². The predicted octanol–water partition coefficient (Wildman–Crippen LogP) is 4.93. The first-order chi connectivity index (χ1) is 18.9. The van der Waals surface area contributed by atoms with Crippen LogP contribution in [0.1, 0.15) is 19.4 Å². The van der Waals surface area contributed by atoms with E-state index < -0.39 is 22.6 Å². The third kappa shape index (κ3) is 4.97. The Labute approximate surface area is 221 Å². The maximum absolute atomic E-state index is 13.5. The fraction of sp³-hybridized carbons (Fsp3) is 0.143. The predicted molar refractivity (Wildman–Crippen MR) is 144 cm³/mol. The highest BCUT2D eigenvalue weighted by molar-refractivity contribution is 5.87. The van der Waals surface area contributed by atoms with Gasteiger partial charge >= 0.3 is 11.7 Å². The lowest BCUT2D eigenvalue weighted by Crippen LogP contribution is -2.27. The van der Waals surface area contributed by atoms with E-state index in [0.29, 0.717) is 22.2 Å². The largest absolute Gasteiger partial charge is 0.471 e. The molecule has 0 saturated heterocycles. The van der Waals surface area contributed by atoms with E-state index in [0.717, 1.165) is 10.1 Å². The molecule has 0 aliphatic heterocycles. The number of fused-ring (bicyclic) bond motifs is 2. The summed E-state index contributed by atoms with van der Waals surface area (Å²) in [4.78, 5) is 41.4. The van der Waals surface area contributed by atoms with Gasteiger partial charge in [-0.25, -0.2) is 9.78 Å². The smallest absolute Gasteiger partial charge is 0.347 e. The number of furan rings is 1. The lowest BCUT2D eigenvalue weighted by Gasteiger charge is -2.15. The first kappa shape index (κ1) is 25.3. The van der Waals surface area contributed by atoms with Crippen LogP contribution in [0, 0.1) is 10.1 Å². The van der Waals surface area contributed by atoms with Crippen molar-refractivity contribution in [2.45, 2.75) is 20.0 Å². The Kier molecular flexibility index (Phi) is 6.87. The molecule has 2 heterocycles. The fourth-order valence-electron chi connectivity index (χ4n) is 4.00. The number of nitro groups is 1. The summed E-state index contributed by atoms with van der Waals surface area (Å²) in [6, 6.07) is 20.1. The van der Waals surface area contributed by atoms with Crippen molar-refractivity contribution in [3.05, 3.63) is 98.8 Å². The highest BCUT2D eigenvalue weighted by Crippen LogP contribution is 2.32. The second-order valence-corrected chi connectivity index (χ2v) is 8.43. The van der Waals surface area contributed by atoms with Crippen LogP contribution in [0.4, 0.5) is 5.69 Å².